The van der Waals surface area contributed by atoms with Crippen molar-refractivity contribution in [1.82, 2.24) is 19.4 Å². The Bertz CT molecular complexity index is 1650. The normalized spacial score (nSPS) is 13.7. The van der Waals surface area contributed by atoms with E-state index in [1.54, 1.807) is 33.7 Å². The van der Waals surface area contributed by atoms with Gasteiger partial charge in [-0.2, -0.15) is 0 Å². The number of nitrogens with zero attached hydrogens (tertiary/aromatic N) is 4. The molecule has 1 fully saturated rings. The van der Waals surface area contributed by atoms with Crippen LogP contribution in [0.25, 0.3) is 22.7 Å². The van der Waals surface area contributed by atoms with E-state index in [2.05, 4.69) is 11.5 Å². The molecule has 0 atom stereocenters. The van der Waals surface area contributed by atoms with Crippen molar-refractivity contribution in [2.45, 2.75) is 26.5 Å². The molecule has 0 radical (unpaired) electrons. The first-order valence-corrected chi connectivity index (χ1v) is 14.0. The summed E-state index contributed by atoms with van der Waals surface area (Å²) in [4.78, 5) is 47.0. The van der Waals surface area contributed by atoms with E-state index in [1.165, 1.54) is 0 Å². The molecule has 0 unspecified atom stereocenters. The summed E-state index contributed by atoms with van der Waals surface area (Å²) in [5.41, 5.74) is 2.23. The minimum absolute atomic E-state index is 0.0331. The Kier molecular flexibility index (Phi) is 8.78. The van der Waals surface area contributed by atoms with Crippen LogP contribution in [0, 0.1) is 0 Å². The molecule has 0 spiro atoms. The standard InChI is InChI=1S/C33H34N4O5/c1-4-24-9-12-26(13-10-24)41-22-32(39)36-17-15-35(16-18-36)20-31-34-28-14-11-25(21-38)19-27(28)33(40)37(31)29-7-5-6-8-30(29)42-23(2)3/h4-14,19,21,23H,1,15-18,20,22H2,2-3H3. The fraction of sp³-hybridized carbons (Fsp3) is 0.273. The van der Waals surface area contributed by atoms with Gasteiger partial charge in [-0.25, -0.2) is 4.98 Å². The van der Waals surface area contributed by atoms with Gasteiger partial charge in [-0.05, 0) is 61.9 Å². The molecular formula is C33H34N4O5. The molecule has 4 aromatic rings. The predicted octanol–water partition coefficient (Wildman–Crippen LogP) is 4.35. The maximum Gasteiger partial charge on any atom is 0.266 e. The number of aldehydes is 1. The van der Waals surface area contributed by atoms with Crippen molar-refractivity contribution in [3.8, 4) is 17.2 Å². The van der Waals surface area contributed by atoms with Gasteiger partial charge >= 0.3 is 0 Å². The van der Waals surface area contributed by atoms with Gasteiger partial charge in [0.05, 0.1) is 29.2 Å². The minimum atomic E-state index is -0.273. The largest absolute Gasteiger partial charge is 0.489 e. The highest BCUT2D eigenvalue weighted by Gasteiger charge is 2.24. The molecule has 1 saturated heterocycles. The number of hydrogen-bond donors (Lipinski definition) is 0. The molecule has 1 aromatic heterocycles. The lowest BCUT2D eigenvalue weighted by Crippen LogP contribution is -2.50. The number of benzene rings is 3. The van der Waals surface area contributed by atoms with Gasteiger partial charge in [-0.1, -0.05) is 36.9 Å². The molecule has 9 heteroatoms. The summed E-state index contributed by atoms with van der Waals surface area (Å²) in [6.07, 6.45) is 2.38. The van der Waals surface area contributed by atoms with Gasteiger partial charge in [0, 0.05) is 31.7 Å². The Morgan fingerprint density at radius 3 is 2.40 bits per heavy atom. The van der Waals surface area contributed by atoms with Gasteiger partial charge < -0.3 is 14.4 Å². The predicted molar refractivity (Wildman–Crippen MR) is 162 cm³/mol. The molecule has 3 aromatic carbocycles. The van der Waals surface area contributed by atoms with Crippen LogP contribution in [0.1, 0.15) is 35.6 Å². The van der Waals surface area contributed by atoms with Crippen molar-refractivity contribution < 1.29 is 19.1 Å². The van der Waals surface area contributed by atoms with Crippen LogP contribution >= 0.6 is 0 Å². The maximum atomic E-state index is 13.9. The second-order valence-corrected chi connectivity index (χ2v) is 10.4. The summed E-state index contributed by atoms with van der Waals surface area (Å²) in [5, 5.41) is 0.359. The van der Waals surface area contributed by atoms with Crippen LogP contribution in [0.3, 0.4) is 0 Å². The molecule has 42 heavy (non-hydrogen) atoms. The fourth-order valence-corrected chi connectivity index (χ4v) is 4.96. The Balaban J connectivity index is 1.35. The molecule has 216 valence electrons. The zero-order valence-corrected chi connectivity index (χ0v) is 23.9. The van der Waals surface area contributed by atoms with Crippen LogP contribution in [0.4, 0.5) is 0 Å². The van der Waals surface area contributed by atoms with Gasteiger partial charge in [0.2, 0.25) is 0 Å². The first kappa shape index (κ1) is 28.8. The number of para-hydroxylation sites is 2. The lowest BCUT2D eigenvalue weighted by molar-refractivity contribution is -0.135. The molecule has 1 aliphatic rings. The van der Waals surface area contributed by atoms with Gasteiger partial charge in [-0.3, -0.25) is 23.9 Å². The zero-order valence-electron chi connectivity index (χ0n) is 23.9. The van der Waals surface area contributed by atoms with Crippen molar-refractivity contribution >= 4 is 29.2 Å². The second-order valence-electron chi connectivity index (χ2n) is 10.4. The second kappa shape index (κ2) is 12.8. The van der Waals surface area contributed by atoms with Crippen LogP contribution in [0.5, 0.6) is 11.5 Å². The molecule has 1 aliphatic heterocycles. The zero-order chi connectivity index (χ0) is 29.6. The Morgan fingerprint density at radius 1 is 1.00 bits per heavy atom. The maximum absolute atomic E-state index is 13.9. The van der Waals surface area contributed by atoms with Crippen LogP contribution < -0.4 is 15.0 Å². The highest BCUT2D eigenvalue weighted by atomic mass is 16.5. The van der Waals surface area contributed by atoms with E-state index < -0.39 is 0 Å². The summed E-state index contributed by atoms with van der Waals surface area (Å²) in [6, 6.07) is 19.7. The Morgan fingerprint density at radius 2 is 1.71 bits per heavy atom. The average Bonchev–Trinajstić information content (AvgIpc) is 3.01. The fourth-order valence-electron chi connectivity index (χ4n) is 4.96. The number of rotatable bonds is 10. The number of carbonyl (C=O) groups is 2. The average molecular weight is 567 g/mol. The number of fused-ring (bicyclic) bond motifs is 1. The van der Waals surface area contributed by atoms with E-state index in [0.717, 1.165) is 11.8 Å². The van der Waals surface area contributed by atoms with Crippen LogP contribution in [-0.4, -0.2) is 70.4 Å². The number of aromatic nitrogens is 2. The van der Waals surface area contributed by atoms with Gasteiger partial charge in [0.15, 0.2) is 6.61 Å². The minimum Gasteiger partial charge on any atom is -0.489 e. The van der Waals surface area contributed by atoms with Crippen LogP contribution in [0.15, 0.2) is 78.1 Å². The van der Waals surface area contributed by atoms with Gasteiger partial charge in [0.25, 0.3) is 11.5 Å². The summed E-state index contributed by atoms with van der Waals surface area (Å²) < 4.78 is 13.3. The van der Waals surface area contributed by atoms with Crippen molar-refractivity contribution in [2.24, 2.45) is 0 Å². The number of carbonyl (C=O) groups excluding carboxylic acids is 2. The highest BCUT2D eigenvalue weighted by Crippen LogP contribution is 2.25. The monoisotopic (exact) mass is 566 g/mol. The molecular weight excluding hydrogens is 532 g/mol. The third kappa shape index (κ3) is 6.42. The van der Waals surface area contributed by atoms with Crippen LogP contribution in [-0.2, 0) is 11.3 Å². The smallest absolute Gasteiger partial charge is 0.266 e. The van der Waals surface area contributed by atoms with Gasteiger partial charge in [-0.15, -0.1) is 0 Å². The summed E-state index contributed by atoms with van der Waals surface area (Å²) in [6.45, 7) is 10.3. The first-order chi connectivity index (χ1) is 20.4. The van der Waals surface area contributed by atoms with E-state index >= 15 is 0 Å². The molecule has 0 N–H and O–H groups in total. The molecule has 0 saturated carbocycles. The Labute approximate surface area is 244 Å². The van der Waals surface area contributed by atoms with E-state index in [4.69, 9.17) is 14.5 Å². The molecule has 9 nitrogen and oxygen atoms in total. The van der Waals surface area contributed by atoms with Crippen molar-refractivity contribution in [3.63, 3.8) is 0 Å². The van der Waals surface area contributed by atoms with Crippen molar-refractivity contribution in [2.75, 3.05) is 32.8 Å². The molecule has 1 amide bonds. The van der Waals surface area contributed by atoms with Gasteiger partial charge in [0.1, 0.15) is 23.6 Å². The third-order valence-electron chi connectivity index (χ3n) is 7.13. The highest BCUT2D eigenvalue weighted by molar-refractivity contribution is 5.86. The first-order valence-electron chi connectivity index (χ1n) is 14.0. The summed E-state index contributed by atoms with van der Waals surface area (Å²) in [5.74, 6) is 1.68. The van der Waals surface area contributed by atoms with E-state index in [0.29, 0.717) is 72.2 Å². The molecule has 0 bridgehead atoms. The Hall–Kier alpha value is -4.76. The summed E-state index contributed by atoms with van der Waals surface area (Å²) in [7, 11) is 0. The van der Waals surface area contributed by atoms with E-state index in [1.807, 2.05) is 62.4 Å². The van der Waals surface area contributed by atoms with Crippen molar-refractivity contribution in [3.05, 3.63) is 101 Å². The molecule has 0 aliphatic carbocycles. The van der Waals surface area contributed by atoms with Crippen LogP contribution in [0.2, 0.25) is 0 Å². The summed E-state index contributed by atoms with van der Waals surface area (Å²) >= 11 is 0. The topological polar surface area (TPSA) is 94.0 Å². The number of piperazine rings is 1. The van der Waals surface area contributed by atoms with E-state index in [9.17, 15) is 14.4 Å². The lowest BCUT2D eigenvalue weighted by Gasteiger charge is -2.34. The quantitative estimate of drug-likeness (QED) is 0.264. The van der Waals surface area contributed by atoms with E-state index in [-0.39, 0.29) is 24.2 Å². The molecule has 2 heterocycles. The number of hydrogen-bond acceptors (Lipinski definition) is 7. The van der Waals surface area contributed by atoms with Crippen molar-refractivity contribution in [1.29, 1.82) is 0 Å². The lowest BCUT2D eigenvalue weighted by atomic mass is 10.1. The molecule has 5 rings (SSSR count). The number of ether oxygens (including phenoxy) is 2. The number of amides is 1. The third-order valence-corrected chi connectivity index (χ3v) is 7.13. The SMILES string of the molecule is C=Cc1ccc(OCC(=O)N2CCN(Cc3nc4ccc(C=O)cc4c(=O)n3-c3ccccc3OC(C)C)CC2)cc1.